The van der Waals surface area contributed by atoms with Crippen LogP contribution in [0.25, 0.3) is 0 Å². The predicted molar refractivity (Wildman–Crippen MR) is 95.4 cm³/mol. The number of hydrogen-bond donors (Lipinski definition) is 1. The summed E-state index contributed by atoms with van der Waals surface area (Å²) in [6.45, 7) is 5.74. The van der Waals surface area contributed by atoms with Gasteiger partial charge in [-0.1, -0.05) is 29.4 Å². The number of nitrogens with zero attached hydrogens (tertiary/aromatic N) is 2. The molecule has 1 aliphatic carbocycles. The fourth-order valence-corrected chi connectivity index (χ4v) is 4.20. The van der Waals surface area contributed by atoms with Gasteiger partial charge in [0.15, 0.2) is 5.82 Å². The number of aryl methyl sites for hydroxylation is 2. The summed E-state index contributed by atoms with van der Waals surface area (Å²) < 4.78 is 11.0. The molecule has 1 atom stereocenters. The van der Waals surface area contributed by atoms with Crippen LogP contribution in [0.15, 0.2) is 28.8 Å². The van der Waals surface area contributed by atoms with E-state index in [2.05, 4.69) is 46.6 Å². The molecule has 0 amide bonds. The largest absolute Gasteiger partial charge is 0.381 e. The first-order valence-corrected chi connectivity index (χ1v) is 9.40. The summed E-state index contributed by atoms with van der Waals surface area (Å²) in [4.78, 5) is 4.51. The van der Waals surface area contributed by atoms with Gasteiger partial charge in [-0.05, 0) is 62.5 Å². The molecule has 1 N–H and O–H groups in total. The number of hydrogen-bond acceptors (Lipinski definition) is 5. The highest BCUT2D eigenvalue weighted by Crippen LogP contribution is 2.40. The second kappa shape index (κ2) is 7.26. The molecule has 1 aromatic heterocycles. The van der Waals surface area contributed by atoms with Crippen LogP contribution in [0.4, 0.5) is 0 Å². The second-order valence-electron chi connectivity index (χ2n) is 7.50. The molecule has 134 valence electrons. The van der Waals surface area contributed by atoms with E-state index in [-0.39, 0.29) is 6.04 Å². The molecule has 0 bridgehead atoms. The van der Waals surface area contributed by atoms with E-state index < -0.39 is 0 Å². The van der Waals surface area contributed by atoms with E-state index in [0.29, 0.717) is 23.7 Å². The minimum atomic E-state index is 0.146. The van der Waals surface area contributed by atoms with Crippen molar-refractivity contribution in [1.82, 2.24) is 15.5 Å². The van der Waals surface area contributed by atoms with Crippen LogP contribution in [-0.4, -0.2) is 29.4 Å². The van der Waals surface area contributed by atoms with Gasteiger partial charge in [0.25, 0.3) is 0 Å². The highest BCUT2D eigenvalue weighted by atomic mass is 16.5. The molecular weight excluding hydrogens is 314 g/mol. The lowest BCUT2D eigenvalue weighted by Gasteiger charge is -2.40. The molecule has 1 saturated heterocycles. The molecule has 2 fully saturated rings. The number of rotatable bonds is 5. The number of nitrogens with one attached hydrogen (secondary N) is 1. The Balaban J connectivity index is 1.42. The van der Waals surface area contributed by atoms with Crippen molar-refractivity contribution in [3.63, 3.8) is 0 Å². The fourth-order valence-electron chi connectivity index (χ4n) is 4.20. The molecule has 2 aromatic rings. The molecule has 1 saturated carbocycles. The predicted octanol–water partition coefficient (Wildman–Crippen LogP) is 3.69. The Bertz CT molecular complexity index is 702. The Hall–Kier alpha value is -1.72. The molecule has 0 radical (unpaired) electrons. The Morgan fingerprint density at radius 1 is 1.12 bits per heavy atom. The molecule has 4 rings (SSSR count). The number of aromatic nitrogens is 2. The molecular formula is C20H27N3O2. The third kappa shape index (κ3) is 3.62. The number of benzene rings is 1. The summed E-state index contributed by atoms with van der Waals surface area (Å²) in [6, 6.07) is 9.41. The Labute approximate surface area is 149 Å². The maximum atomic E-state index is 5.53. The van der Waals surface area contributed by atoms with E-state index in [1.807, 2.05) is 6.92 Å². The van der Waals surface area contributed by atoms with Crippen LogP contribution in [0.3, 0.4) is 0 Å². The topological polar surface area (TPSA) is 60.2 Å². The standard InChI is InChI=1S/C20H27N3O2/c1-13-5-3-4-6-18(13)16-11-17(12-16)22-19(15-7-9-24-10-8-15)20-21-14(2)23-25-20/h3-6,15-17,19,22H,7-12H2,1-2H3/t16?,17?,19-/m0/s1. The van der Waals surface area contributed by atoms with Crippen LogP contribution in [0.5, 0.6) is 0 Å². The van der Waals surface area contributed by atoms with Crippen molar-refractivity contribution in [2.45, 2.75) is 57.5 Å². The van der Waals surface area contributed by atoms with E-state index in [0.717, 1.165) is 31.9 Å². The van der Waals surface area contributed by atoms with Crippen molar-refractivity contribution in [1.29, 1.82) is 0 Å². The molecule has 2 heterocycles. The van der Waals surface area contributed by atoms with E-state index in [1.54, 1.807) is 0 Å². The van der Waals surface area contributed by atoms with Gasteiger partial charge in [0.1, 0.15) is 0 Å². The summed E-state index contributed by atoms with van der Waals surface area (Å²) >= 11 is 0. The Morgan fingerprint density at radius 3 is 2.56 bits per heavy atom. The van der Waals surface area contributed by atoms with Crippen LogP contribution in [-0.2, 0) is 4.74 Å². The monoisotopic (exact) mass is 341 g/mol. The first kappa shape index (κ1) is 16.7. The van der Waals surface area contributed by atoms with E-state index in [1.165, 1.54) is 24.0 Å². The fraction of sp³-hybridized carbons (Fsp3) is 0.600. The molecule has 1 aromatic carbocycles. The lowest BCUT2D eigenvalue weighted by Crippen LogP contribution is -2.45. The normalized spacial score (nSPS) is 25.5. The molecule has 2 aliphatic rings. The highest BCUT2D eigenvalue weighted by Gasteiger charge is 2.37. The zero-order valence-electron chi connectivity index (χ0n) is 15.1. The van der Waals surface area contributed by atoms with Gasteiger partial charge in [-0.15, -0.1) is 0 Å². The van der Waals surface area contributed by atoms with Gasteiger partial charge in [0.2, 0.25) is 5.89 Å². The average Bonchev–Trinajstić information content (AvgIpc) is 3.02. The maximum Gasteiger partial charge on any atom is 0.244 e. The van der Waals surface area contributed by atoms with Crippen molar-refractivity contribution in [3.8, 4) is 0 Å². The summed E-state index contributed by atoms with van der Waals surface area (Å²) in [5, 5.41) is 7.82. The number of ether oxygens (including phenoxy) is 1. The zero-order valence-corrected chi connectivity index (χ0v) is 15.1. The van der Waals surface area contributed by atoms with Gasteiger partial charge >= 0.3 is 0 Å². The van der Waals surface area contributed by atoms with Crippen LogP contribution in [0, 0.1) is 19.8 Å². The smallest absolute Gasteiger partial charge is 0.244 e. The van der Waals surface area contributed by atoms with Crippen molar-refractivity contribution >= 4 is 0 Å². The minimum Gasteiger partial charge on any atom is -0.381 e. The van der Waals surface area contributed by atoms with Gasteiger partial charge in [-0.3, -0.25) is 0 Å². The highest BCUT2D eigenvalue weighted by molar-refractivity contribution is 5.31. The summed E-state index contributed by atoms with van der Waals surface area (Å²) in [7, 11) is 0. The quantitative estimate of drug-likeness (QED) is 0.899. The van der Waals surface area contributed by atoms with E-state index in [9.17, 15) is 0 Å². The Kier molecular flexibility index (Phi) is 4.86. The summed E-state index contributed by atoms with van der Waals surface area (Å²) in [5.74, 6) is 2.62. The van der Waals surface area contributed by atoms with Gasteiger partial charge in [-0.2, -0.15) is 4.98 Å². The lowest BCUT2D eigenvalue weighted by molar-refractivity contribution is 0.0436. The lowest BCUT2D eigenvalue weighted by atomic mass is 9.74. The molecule has 25 heavy (non-hydrogen) atoms. The van der Waals surface area contributed by atoms with Gasteiger partial charge in [-0.25, -0.2) is 0 Å². The molecule has 0 spiro atoms. The SMILES string of the molecule is Cc1noc([C@@H](NC2CC(c3ccccc3C)C2)C2CCOCC2)n1. The van der Waals surface area contributed by atoms with E-state index in [4.69, 9.17) is 9.26 Å². The van der Waals surface area contributed by atoms with Gasteiger partial charge in [0, 0.05) is 19.3 Å². The third-order valence-corrected chi connectivity index (χ3v) is 5.73. The van der Waals surface area contributed by atoms with Crippen LogP contribution in [0.2, 0.25) is 0 Å². The van der Waals surface area contributed by atoms with Crippen LogP contribution < -0.4 is 5.32 Å². The maximum absolute atomic E-state index is 5.53. The summed E-state index contributed by atoms with van der Waals surface area (Å²) in [6.07, 6.45) is 4.45. The van der Waals surface area contributed by atoms with Crippen molar-refractivity contribution in [3.05, 3.63) is 47.1 Å². The van der Waals surface area contributed by atoms with Crippen molar-refractivity contribution in [2.75, 3.05) is 13.2 Å². The van der Waals surface area contributed by atoms with Crippen molar-refractivity contribution in [2.24, 2.45) is 5.92 Å². The minimum absolute atomic E-state index is 0.146. The summed E-state index contributed by atoms with van der Waals surface area (Å²) in [5.41, 5.74) is 2.90. The van der Waals surface area contributed by atoms with Crippen LogP contribution in [0.1, 0.15) is 60.5 Å². The Morgan fingerprint density at radius 2 is 1.88 bits per heavy atom. The molecule has 0 unspecified atom stereocenters. The zero-order chi connectivity index (χ0) is 17.2. The molecule has 1 aliphatic heterocycles. The first-order valence-electron chi connectivity index (χ1n) is 9.40. The average molecular weight is 341 g/mol. The van der Waals surface area contributed by atoms with Crippen molar-refractivity contribution < 1.29 is 9.26 Å². The van der Waals surface area contributed by atoms with Gasteiger partial charge in [0.05, 0.1) is 6.04 Å². The van der Waals surface area contributed by atoms with E-state index >= 15 is 0 Å². The van der Waals surface area contributed by atoms with Gasteiger partial charge < -0.3 is 14.6 Å². The molecule has 5 heteroatoms. The molecule has 5 nitrogen and oxygen atoms in total. The second-order valence-corrected chi connectivity index (χ2v) is 7.50. The third-order valence-electron chi connectivity index (χ3n) is 5.73. The van der Waals surface area contributed by atoms with Crippen LogP contribution >= 0.6 is 0 Å². The first-order chi connectivity index (χ1) is 12.2.